The second-order valence-electron chi connectivity index (χ2n) is 5.59. The first kappa shape index (κ1) is 13.5. The maximum atomic E-state index is 5.91. The van der Waals surface area contributed by atoms with Crippen LogP contribution in [0.15, 0.2) is 24.3 Å². The monoisotopic (exact) mass is 247 g/mol. The Morgan fingerprint density at radius 2 is 1.89 bits per heavy atom. The zero-order valence-corrected chi connectivity index (χ0v) is 11.8. The van der Waals surface area contributed by atoms with Crippen LogP contribution in [-0.4, -0.2) is 48.6 Å². The van der Waals surface area contributed by atoms with Crippen LogP contribution in [0.1, 0.15) is 18.1 Å². The maximum Gasteiger partial charge on any atom is 0.0349 e. The Morgan fingerprint density at radius 3 is 2.50 bits per heavy atom. The average molecular weight is 247 g/mol. The molecule has 1 aliphatic heterocycles. The van der Waals surface area contributed by atoms with Gasteiger partial charge in [0.25, 0.3) is 0 Å². The van der Waals surface area contributed by atoms with Gasteiger partial charge in [-0.1, -0.05) is 29.8 Å². The predicted octanol–water partition coefficient (Wildman–Crippen LogP) is 1.46. The summed E-state index contributed by atoms with van der Waals surface area (Å²) in [4.78, 5) is 4.93. The number of aryl methyl sites for hydroxylation is 1. The Balaban J connectivity index is 2.04. The predicted molar refractivity (Wildman–Crippen MR) is 76.5 cm³/mol. The summed E-state index contributed by atoms with van der Waals surface area (Å²) in [5, 5.41) is 0. The van der Waals surface area contributed by atoms with Crippen molar-refractivity contribution in [1.29, 1.82) is 0 Å². The minimum absolute atomic E-state index is 0.479. The summed E-state index contributed by atoms with van der Waals surface area (Å²) < 4.78 is 0. The lowest BCUT2D eigenvalue weighted by atomic mass is 10.1. The van der Waals surface area contributed by atoms with E-state index in [0.717, 1.165) is 26.2 Å². The zero-order valence-electron chi connectivity index (χ0n) is 11.8. The molecule has 1 fully saturated rings. The highest BCUT2D eigenvalue weighted by atomic mass is 15.3. The first-order chi connectivity index (χ1) is 8.60. The van der Waals surface area contributed by atoms with Crippen LogP contribution in [0, 0.1) is 6.92 Å². The second kappa shape index (κ2) is 5.83. The summed E-state index contributed by atoms with van der Waals surface area (Å²) in [5.41, 5.74) is 8.62. The molecule has 3 heteroatoms. The van der Waals surface area contributed by atoms with E-state index in [-0.39, 0.29) is 0 Å². The smallest absolute Gasteiger partial charge is 0.0349 e. The molecule has 1 aromatic rings. The summed E-state index contributed by atoms with van der Waals surface area (Å²) in [6, 6.07) is 9.92. The Bertz CT molecular complexity index is 374. The van der Waals surface area contributed by atoms with E-state index in [1.165, 1.54) is 11.1 Å². The van der Waals surface area contributed by atoms with E-state index in [1.54, 1.807) is 0 Å². The number of nitrogens with two attached hydrogens (primary N) is 1. The van der Waals surface area contributed by atoms with Crippen molar-refractivity contribution in [2.45, 2.75) is 32.5 Å². The summed E-state index contributed by atoms with van der Waals surface area (Å²) in [5.74, 6) is 0. The number of piperazine rings is 1. The molecule has 2 unspecified atom stereocenters. The van der Waals surface area contributed by atoms with Gasteiger partial charge < -0.3 is 10.6 Å². The van der Waals surface area contributed by atoms with E-state index in [2.05, 4.69) is 55.0 Å². The van der Waals surface area contributed by atoms with Crippen LogP contribution in [-0.2, 0) is 6.54 Å². The topological polar surface area (TPSA) is 32.5 Å². The Labute approximate surface area is 111 Å². The van der Waals surface area contributed by atoms with E-state index in [1.807, 2.05) is 0 Å². The van der Waals surface area contributed by atoms with Crippen LogP contribution in [0.2, 0.25) is 0 Å². The molecule has 3 nitrogen and oxygen atoms in total. The third-order valence-corrected chi connectivity index (χ3v) is 4.04. The van der Waals surface area contributed by atoms with Gasteiger partial charge in [0.2, 0.25) is 0 Å². The highest BCUT2D eigenvalue weighted by Crippen LogP contribution is 2.16. The van der Waals surface area contributed by atoms with Crippen molar-refractivity contribution >= 4 is 0 Å². The third kappa shape index (κ3) is 3.10. The summed E-state index contributed by atoms with van der Waals surface area (Å²) in [7, 11) is 2.19. The van der Waals surface area contributed by atoms with Gasteiger partial charge in [-0.25, -0.2) is 0 Å². The quantitative estimate of drug-likeness (QED) is 0.877. The summed E-state index contributed by atoms with van der Waals surface area (Å²) in [6.45, 7) is 8.35. The van der Waals surface area contributed by atoms with Crippen LogP contribution in [0.25, 0.3) is 0 Å². The van der Waals surface area contributed by atoms with Gasteiger partial charge in [-0.2, -0.15) is 0 Å². The van der Waals surface area contributed by atoms with Crippen LogP contribution in [0.3, 0.4) is 0 Å². The van der Waals surface area contributed by atoms with Crippen LogP contribution in [0.5, 0.6) is 0 Å². The first-order valence-electron chi connectivity index (χ1n) is 6.80. The van der Waals surface area contributed by atoms with Gasteiger partial charge in [0.15, 0.2) is 0 Å². The highest BCUT2D eigenvalue weighted by molar-refractivity contribution is 5.21. The number of likely N-dealkylation sites (N-methyl/N-ethyl adjacent to an activating group) is 1. The largest absolute Gasteiger partial charge is 0.329 e. The summed E-state index contributed by atoms with van der Waals surface area (Å²) >= 11 is 0. The fourth-order valence-electron chi connectivity index (χ4n) is 2.60. The van der Waals surface area contributed by atoms with Gasteiger partial charge in [0.1, 0.15) is 0 Å². The van der Waals surface area contributed by atoms with Crippen molar-refractivity contribution < 1.29 is 0 Å². The van der Waals surface area contributed by atoms with E-state index in [4.69, 9.17) is 5.73 Å². The van der Waals surface area contributed by atoms with E-state index in [0.29, 0.717) is 12.1 Å². The second-order valence-corrected chi connectivity index (χ2v) is 5.59. The van der Waals surface area contributed by atoms with Crippen LogP contribution < -0.4 is 5.73 Å². The summed E-state index contributed by atoms with van der Waals surface area (Å²) in [6.07, 6.45) is 0. The van der Waals surface area contributed by atoms with E-state index in [9.17, 15) is 0 Å². The Hall–Kier alpha value is -0.900. The minimum Gasteiger partial charge on any atom is -0.329 e. The number of nitrogens with zero attached hydrogens (tertiary/aromatic N) is 2. The number of hydrogen-bond donors (Lipinski definition) is 1. The SMILES string of the molecule is Cc1ccc(CN2CC(C)N(C)CC2CN)cc1. The molecule has 0 aromatic heterocycles. The van der Waals surface area contributed by atoms with Crippen molar-refractivity contribution in [3.8, 4) is 0 Å². The molecule has 0 aliphatic carbocycles. The van der Waals surface area contributed by atoms with Crippen LogP contribution >= 0.6 is 0 Å². The van der Waals surface area contributed by atoms with E-state index >= 15 is 0 Å². The van der Waals surface area contributed by atoms with Gasteiger partial charge in [-0.3, -0.25) is 4.90 Å². The van der Waals surface area contributed by atoms with Crippen molar-refractivity contribution in [2.24, 2.45) is 5.73 Å². The molecule has 1 aromatic carbocycles. The molecular weight excluding hydrogens is 222 g/mol. The normalized spacial score (nSPS) is 26.4. The molecule has 1 saturated heterocycles. The standard InChI is InChI=1S/C15H25N3/c1-12-4-6-14(7-5-12)10-18-9-13(2)17(3)11-15(18)8-16/h4-7,13,15H,8-11,16H2,1-3H3. The van der Waals surface area contributed by atoms with Crippen molar-refractivity contribution in [3.05, 3.63) is 35.4 Å². The first-order valence-corrected chi connectivity index (χ1v) is 6.80. The Morgan fingerprint density at radius 1 is 1.22 bits per heavy atom. The van der Waals surface area contributed by atoms with Gasteiger partial charge in [0.05, 0.1) is 0 Å². The molecule has 18 heavy (non-hydrogen) atoms. The lowest BCUT2D eigenvalue weighted by Gasteiger charge is -2.43. The molecule has 0 bridgehead atoms. The molecule has 0 radical (unpaired) electrons. The molecule has 0 amide bonds. The minimum atomic E-state index is 0.479. The lowest BCUT2D eigenvalue weighted by Crippen LogP contribution is -2.57. The van der Waals surface area contributed by atoms with Crippen molar-refractivity contribution in [2.75, 3.05) is 26.7 Å². The van der Waals surface area contributed by atoms with Gasteiger partial charge in [0, 0.05) is 38.3 Å². The molecule has 1 aliphatic rings. The molecular formula is C15H25N3. The Kier molecular flexibility index (Phi) is 4.38. The van der Waals surface area contributed by atoms with Gasteiger partial charge in [-0.15, -0.1) is 0 Å². The fraction of sp³-hybridized carbons (Fsp3) is 0.600. The molecule has 1 heterocycles. The number of rotatable bonds is 3. The molecule has 100 valence electrons. The van der Waals surface area contributed by atoms with Crippen molar-refractivity contribution in [1.82, 2.24) is 9.80 Å². The molecule has 0 saturated carbocycles. The number of hydrogen-bond acceptors (Lipinski definition) is 3. The lowest BCUT2D eigenvalue weighted by molar-refractivity contribution is 0.0500. The molecule has 2 atom stereocenters. The molecule has 2 N–H and O–H groups in total. The zero-order chi connectivity index (χ0) is 13.1. The van der Waals surface area contributed by atoms with Crippen molar-refractivity contribution in [3.63, 3.8) is 0 Å². The van der Waals surface area contributed by atoms with Gasteiger partial charge in [-0.05, 0) is 26.5 Å². The number of benzene rings is 1. The highest BCUT2D eigenvalue weighted by Gasteiger charge is 2.28. The van der Waals surface area contributed by atoms with Crippen LogP contribution in [0.4, 0.5) is 0 Å². The van der Waals surface area contributed by atoms with E-state index < -0.39 is 0 Å². The molecule has 2 rings (SSSR count). The average Bonchev–Trinajstić information content (AvgIpc) is 2.36. The maximum absolute atomic E-state index is 5.91. The molecule has 0 spiro atoms. The van der Waals surface area contributed by atoms with Gasteiger partial charge >= 0.3 is 0 Å². The fourth-order valence-corrected chi connectivity index (χ4v) is 2.60. The third-order valence-electron chi connectivity index (χ3n) is 4.04.